The molecule has 0 aliphatic carbocycles. The molecule has 2 heterocycles. The van der Waals surface area contributed by atoms with Gasteiger partial charge in [0.15, 0.2) is 0 Å². The summed E-state index contributed by atoms with van der Waals surface area (Å²) in [6.45, 7) is 2.75. The number of hydrogen-bond acceptors (Lipinski definition) is 4. The molecule has 2 aromatic heterocycles. The Labute approximate surface area is 125 Å². The summed E-state index contributed by atoms with van der Waals surface area (Å²) in [4.78, 5) is 4.45. The SMILES string of the molecule is Cc1cc(C[n+]2ncsc2N)c2ncccc2c1.[Br-]. The highest BCUT2D eigenvalue weighted by Crippen LogP contribution is 2.18. The van der Waals surface area contributed by atoms with Crippen molar-refractivity contribution in [3.8, 4) is 0 Å². The molecule has 0 atom stereocenters. The minimum Gasteiger partial charge on any atom is -1.00 e. The van der Waals surface area contributed by atoms with Gasteiger partial charge in [-0.3, -0.25) is 10.7 Å². The molecular formula is C13H13BrN4S. The number of nitrogens with zero attached hydrogens (tertiary/aromatic N) is 3. The number of aromatic nitrogens is 3. The summed E-state index contributed by atoms with van der Waals surface area (Å²) in [5.41, 5.74) is 11.0. The van der Waals surface area contributed by atoms with E-state index < -0.39 is 0 Å². The zero-order valence-corrected chi connectivity index (χ0v) is 12.8. The van der Waals surface area contributed by atoms with E-state index in [1.165, 1.54) is 16.9 Å². The number of nitrogen functional groups attached to an aromatic ring is 1. The smallest absolute Gasteiger partial charge is 0.354 e. The molecule has 0 unspecified atom stereocenters. The average molecular weight is 337 g/mol. The lowest BCUT2D eigenvalue weighted by Gasteiger charge is -2.05. The lowest BCUT2D eigenvalue weighted by atomic mass is 10.1. The number of hydrogen-bond donors (Lipinski definition) is 1. The third kappa shape index (κ3) is 2.74. The van der Waals surface area contributed by atoms with E-state index in [2.05, 4.69) is 35.2 Å². The van der Waals surface area contributed by atoms with Gasteiger partial charge in [0.25, 0.3) is 0 Å². The monoisotopic (exact) mass is 336 g/mol. The van der Waals surface area contributed by atoms with Crippen LogP contribution in [0.25, 0.3) is 10.9 Å². The zero-order chi connectivity index (χ0) is 12.5. The predicted molar refractivity (Wildman–Crippen MR) is 72.3 cm³/mol. The van der Waals surface area contributed by atoms with Gasteiger partial charge in [0.05, 0.1) is 5.52 Å². The van der Waals surface area contributed by atoms with Crippen molar-refractivity contribution < 1.29 is 21.7 Å². The van der Waals surface area contributed by atoms with Crippen molar-refractivity contribution in [1.29, 1.82) is 0 Å². The summed E-state index contributed by atoms with van der Waals surface area (Å²) < 4.78 is 1.80. The second-order valence-electron chi connectivity index (χ2n) is 4.23. The van der Waals surface area contributed by atoms with Gasteiger partial charge in [-0.2, -0.15) is 0 Å². The van der Waals surface area contributed by atoms with Gasteiger partial charge in [-0.25, -0.2) is 0 Å². The van der Waals surface area contributed by atoms with Crippen molar-refractivity contribution >= 4 is 27.4 Å². The number of rotatable bonds is 2. The van der Waals surface area contributed by atoms with Gasteiger partial charge in [-0.15, -0.1) is 4.68 Å². The van der Waals surface area contributed by atoms with Crippen LogP contribution in [0.1, 0.15) is 11.1 Å². The van der Waals surface area contributed by atoms with Gasteiger partial charge in [0, 0.05) is 17.1 Å². The van der Waals surface area contributed by atoms with Crippen LogP contribution in [0, 0.1) is 6.92 Å². The topological polar surface area (TPSA) is 55.7 Å². The molecule has 98 valence electrons. The summed E-state index contributed by atoms with van der Waals surface area (Å²) in [5.74, 6) is 0. The minimum atomic E-state index is 0. The minimum absolute atomic E-state index is 0. The standard InChI is InChI=1S/C13H12N4S.BrH/c1-9-5-10-3-2-4-15-12(10)11(6-9)7-17-13(14)18-8-16-17;/h2-6,8,14H,7H2,1H3;1H. The Morgan fingerprint density at radius 1 is 1.37 bits per heavy atom. The van der Waals surface area contributed by atoms with Crippen LogP contribution in [-0.4, -0.2) is 10.1 Å². The highest BCUT2D eigenvalue weighted by Gasteiger charge is 2.12. The normalized spacial score (nSPS) is 10.4. The van der Waals surface area contributed by atoms with Crippen molar-refractivity contribution in [3.05, 3.63) is 47.1 Å². The van der Waals surface area contributed by atoms with Crippen LogP contribution < -0.4 is 27.4 Å². The van der Waals surface area contributed by atoms with Crippen LogP contribution in [0.5, 0.6) is 0 Å². The third-order valence-corrected chi connectivity index (χ3v) is 3.51. The van der Waals surface area contributed by atoms with Crippen molar-refractivity contribution in [3.63, 3.8) is 0 Å². The zero-order valence-electron chi connectivity index (χ0n) is 10.4. The fraction of sp³-hybridized carbons (Fsp3) is 0.154. The Morgan fingerprint density at radius 3 is 2.95 bits per heavy atom. The van der Waals surface area contributed by atoms with Gasteiger partial charge in [0.1, 0.15) is 12.1 Å². The summed E-state index contributed by atoms with van der Waals surface area (Å²) in [6, 6.07) is 8.31. The van der Waals surface area contributed by atoms with E-state index in [4.69, 9.17) is 5.73 Å². The summed E-state index contributed by atoms with van der Waals surface area (Å²) in [7, 11) is 0. The summed E-state index contributed by atoms with van der Waals surface area (Å²) >= 11 is 1.44. The number of benzene rings is 1. The highest BCUT2D eigenvalue weighted by atomic mass is 79.9. The van der Waals surface area contributed by atoms with Crippen LogP contribution in [0.3, 0.4) is 0 Å². The summed E-state index contributed by atoms with van der Waals surface area (Å²) in [6.07, 6.45) is 1.82. The first-order valence-electron chi connectivity index (χ1n) is 5.67. The van der Waals surface area contributed by atoms with Crippen LogP contribution in [0.15, 0.2) is 36.0 Å². The maximum atomic E-state index is 5.87. The van der Waals surface area contributed by atoms with Crippen LogP contribution in [-0.2, 0) is 6.54 Å². The fourth-order valence-corrected chi connectivity index (χ4v) is 2.59. The van der Waals surface area contributed by atoms with E-state index in [0.717, 1.165) is 16.5 Å². The maximum Gasteiger partial charge on any atom is 0.354 e. The molecule has 19 heavy (non-hydrogen) atoms. The number of pyridine rings is 1. The molecule has 0 spiro atoms. The number of nitrogens with two attached hydrogens (primary N) is 1. The van der Waals surface area contributed by atoms with Gasteiger partial charge >= 0.3 is 5.13 Å². The van der Waals surface area contributed by atoms with Gasteiger partial charge in [0.2, 0.25) is 0 Å². The Kier molecular flexibility index (Phi) is 4.11. The second kappa shape index (κ2) is 5.63. The van der Waals surface area contributed by atoms with Crippen LogP contribution >= 0.6 is 11.3 Å². The maximum absolute atomic E-state index is 5.87. The molecule has 6 heteroatoms. The molecule has 0 bridgehead atoms. The molecule has 4 nitrogen and oxygen atoms in total. The largest absolute Gasteiger partial charge is 1.00 e. The first-order chi connectivity index (χ1) is 8.74. The number of aryl methyl sites for hydroxylation is 1. The van der Waals surface area contributed by atoms with Gasteiger partial charge < -0.3 is 17.0 Å². The van der Waals surface area contributed by atoms with E-state index in [-0.39, 0.29) is 17.0 Å². The third-order valence-electron chi connectivity index (χ3n) is 2.86. The second-order valence-corrected chi connectivity index (χ2v) is 5.10. The van der Waals surface area contributed by atoms with Crippen molar-refractivity contribution in [2.45, 2.75) is 13.5 Å². The van der Waals surface area contributed by atoms with Crippen LogP contribution in [0.2, 0.25) is 0 Å². The molecule has 3 aromatic rings. The average Bonchev–Trinajstić information content (AvgIpc) is 2.75. The Morgan fingerprint density at radius 2 is 2.21 bits per heavy atom. The Hall–Kier alpha value is -1.53. The number of halogens is 1. The number of fused-ring (bicyclic) bond motifs is 1. The molecule has 0 aliphatic rings. The lowest BCUT2D eigenvalue weighted by Crippen LogP contribution is -3.00. The Bertz CT molecular complexity index is 711. The fourth-order valence-electron chi connectivity index (χ4n) is 2.09. The molecule has 0 radical (unpaired) electrons. The molecule has 0 aliphatic heterocycles. The van der Waals surface area contributed by atoms with Crippen molar-refractivity contribution in [2.24, 2.45) is 0 Å². The van der Waals surface area contributed by atoms with Gasteiger partial charge in [-0.05, 0) is 42.0 Å². The van der Waals surface area contributed by atoms with E-state index in [1.54, 1.807) is 10.2 Å². The van der Waals surface area contributed by atoms with E-state index in [9.17, 15) is 0 Å². The lowest BCUT2D eigenvalue weighted by molar-refractivity contribution is -0.727. The number of anilines is 1. The van der Waals surface area contributed by atoms with E-state index in [0.29, 0.717) is 11.7 Å². The van der Waals surface area contributed by atoms with E-state index >= 15 is 0 Å². The predicted octanol–water partition coefficient (Wildman–Crippen LogP) is -1.08. The molecule has 2 N–H and O–H groups in total. The molecule has 3 rings (SSSR count). The molecular weight excluding hydrogens is 324 g/mol. The quantitative estimate of drug-likeness (QED) is 0.606. The van der Waals surface area contributed by atoms with Crippen molar-refractivity contribution in [1.82, 2.24) is 10.1 Å². The molecule has 0 amide bonds. The van der Waals surface area contributed by atoms with Crippen molar-refractivity contribution in [2.75, 3.05) is 5.73 Å². The molecule has 0 fully saturated rings. The first-order valence-corrected chi connectivity index (χ1v) is 6.55. The molecule has 0 saturated heterocycles. The van der Waals surface area contributed by atoms with E-state index in [1.807, 2.05) is 12.3 Å². The summed E-state index contributed by atoms with van der Waals surface area (Å²) in [5, 5.41) is 6.09. The Balaban J connectivity index is 0.00000133. The highest BCUT2D eigenvalue weighted by molar-refractivity contribution is 7.12. The first kappa shape index (κ1) is 13.9. The van der Waals surface area contributed by atoms with Gasteiger partial charge in [-0.1, -0.05) is 11.2 Å². The van der Waals surface area contributed by atoms with Crippen LogP contribution in [0.4, 0.5) is 5.13 Å². The molecule has 0 saturated carbocycles. The molecule has 1 aromatic carbocycles.